The summed E-state index contributed by atoms with van der Waals surface area (Å²) in [5.74, 6) is -1.63. The van der Waals surface area contributed by atoms with Gasteiger partial charge >= 0.3 is 5.97 Å². The summed E-state index contributed by atoms with van der Waals surface area (Å²) in [4.78, 5) is 37.2. The fourth-order valence-electron chi connectivity index (χ4n) is 2.76. The maximum absolute atomic E-state index is 12.5. The number of fused-ring (bicyclic) bond motifs is 1. The number of benzene rings is 3. The number of carbonyl (C=O) groups excluding carboxylic acids is 2. The minimum atomic E-state index is -1.11. The molecule has 29 heavy (non-hydrogen) atoms. The molecule has 0 unspecified atom stereocenters. The van der Waals surface area contributed by atoms with E-state index in [4.69, 9.17) is 16.7 Å². The topological polar surface area (TPSA) is 86.7 Å². The van der Waals surface area contributed by atoms with Gasteiger partial charge in [-0.1, -0.05) is 59.8 Å². The van der Waals surface area contributed by atoms with Gasteiger partial charge in [0.05, 0.1) is 27.7 Å². The molecule has 0 atom stereocenters. The van der Waals surface area contributed by atoms with Crippen molar-refractivity contribution in [2.45, 2.75) is 0 Å². The molecule has 0 aromatic heterocycles. The molecule has 0 heterocycles. The first kappa shape index (κ1) is 20.7. The Morgan fingerprint density at radius 1 is 1.07 bits per heavy atom. The molecule has 0 aliphatic heterocycles. The lowest BCUT2D eigenvalue weighted by atomic mass is 10.1. The molecule has 3 aromatic rings. The normalized spacial score (nSPS) is 10.6. The number of carboxylic acid groups (broad SMARTS) is 1. The highest BCUT2D eigenvalue weighted by atomic mass is 35.5. The van der Waals surface area contributed by atoms with Crippen LogP contribution in [-0.2, 0) is 4.79 Å². The number of aromatic carboxylic acids is 1. The molecule has 0 saturated heterocycles. The zero-order chi connectivity index (χ0) is 21.0. The SMILES string of the molecule is CN(C(=O)SCC(=O)Nc1ccc(C(=O)O)cc1Cl)c1cccc2ccccc12. The predicted octanol–water partition coefficient (Wildman–Crippen LogP) is 5.12. The van der Waals surface area contributed by atoms with Crippen molar-refractivity contribution in [2.75, 3.05) is 23.0 Å². The van der Waals surface area contributed by atoms with Crippen molar-refractivity contribution in [1.29, 1.82) is 0 Å². The lowest BCUT2D eigenvalue weighted by Gasteiger charge is -2.18. The summed E-state index contributed by atoms with van der Waals surface area (Å²) in [5.41, 5.74) is 1.07. The van der Waals surface area contributed by atoms with Crippen molar-refractivity contribution >= 4 is 62.6 Å². The second-order valence-corrected chi connectivity index (χ2v) is 7.49. The summed E-state index contributed by atoms with van der Waals surface area (Å²) >= 11 is 6.87. The number of nitrogens with zero attached hydrogens (tertiary/aromatic N) is 1. The van der Waals surface area contributed by atoms with Crippen molar-refractivity contribution in [1.82, 2.24) is 0 Å². The van der Waals surface area contributed by atoms with E-state index in [1.54, 1.807) is 7.05 Å². The first-order valence-corrected chi connectivity index (χ1v) is 9.94. The number of carboxylic acids is 1. The van der Waals surface area contributed by atoms with Crippen molar-refractivity contribution in [3.63, 3.8) is 0 Å². The number of amides is 2. The van der Waals surface area contributed by atoms with E-state index in [9.17, 15) is 14.4 Å². The molecule has 2 N–H and O–H groups in total. The monoisotopic (exact) mass is 428 g/mol. The molecule has 0 aliphatic carbocycles. The molecule has 3 aromatic carbocycles. The zero-order valence-corrected chi connectivity index (χ0v) is 17.0. The smallest absolute Gasteiger partial charge is 0.335 e. The molecule has 8 heteroatoms. The number of nitrogens with one attached hydrogen (secondary N) is 1. The minimum Gasteiger partial charge on any atom is -0.478 e. The number of hydrogen-bond donors (Lipinski definition) is 2. The van der Waals surface area contributed by atoms with E-state index in [-0.39, 0.29) is 27.3 Å². The Labute approximate surface area is 176 Å². The molecule has 0 aliphatic rings. The van der Waals surface area contributed by atoms with Crippen molar-refractivity contribution in [3.05, 3.63) is 71.2 Å². The maximum Gasteiger partial charge on any atom is 0.335 e. The van der Waals surface area contributed by atoms with Crippen molar-refractivity contribution in [3.8, 4) is 0 Å². The standard InChI is InChI=1S/C21H17ClN2O4S/c1-24(18-8-4-6-13-5-2-3-7-15(13)18)21(28)29-12-19(25)23-17-10-9-14(20(26)27)11-16(17)22/h2-11H,12H2,1H3,(H,23,25)(H,26,27). The van der Waals surface area contributed by atoms with E-state index >= 15 is 0 Å². The molecule has 6 nitrogen and oxygen atoms in total. The average Bonchev–Trinajstić information content (AvgIpc) is 2.72. The Morgan fingerprint density at radius 3 is 2.52 bits per heavy atom. The lowest BCUT2D eigenvalue weighted by molar-refractivity contribution is -0.113. The first-order chi connectivity index (χ1) is 13.9. The quantitative estimate of drug-likeness (QED) is 0.589. The van der Waals surface area contributed by atoms with Gasteiger partial charge < -0.3 is 15.3 Å². The molecule has 0 fully saturated rings. The summed E-state index contributed by atoms with van der Waals surface area (Å²) in [5, 5.41) is 13.3. The van der Waals surface area contributed by atoms with E-state index < -0.39 is 11.9 Å². The van der Waals surface area contributed by atoms with Crippen LogP contribution in [-0.4, -0.2) is 35.0 Å². The van der Waals surface area contributed by atoms with Crippen LogP contribution in [0.25, 0.3) is 10.8 Å². The summed E-state index contributed by atoms with van der Waals surface area (Å²) in [6.45, 7) is 0. The Balaban J connectivity index is 1.63. The van der Waals surface area contributed by atoms with E-state index in [1.807, 2.05) is 42.5 Å². The Morgan fingerprint density at radius 2 is 1.79 bits per heavy atom. The maximum atomic E-state index is 12.5. The van der Waals surface area contributed by atoms with Crippen LogP contribution in [0.1, 0.15) is 10.4 Å². The van der Waals surface area contributed by atoms with E-state index in [1.165, 1.54) is 23.1 Å². The lowest BCUT2D eigenvalue weighted by Crippen LogP contribution is -2.24. The van der Waals surface area contributed by atoms with Crippen molar-refractivity contribution < 1.29 is 19.5 Å². The summed E-state index contributed by atoms with van der Waals surface area (Å²) in [6, 6.07) is 17.5. The average molecular weight is 429 g/mol. The van der Waals surface area contributed by atoms with Gasteiger partial charge in [0.1, 0.15) is 0 Å². The van der Waals surface area contributed by atoms with Gasteiger partial charge in [-0.15, -0.1) is 0 Å². The molecular formula is C21H17ClN2O4S. The largest absolute Gasteiger partial charge is 0.478 e. The fraction of sp³-hybridized carbons (Fsp3) is 0.0952. The summed E-state index contributed by atoms with van der Waals surface area (Å²) in [6.07, 6.45) is 0. The highest BCUT2D eigenvalue weighted by Gasteiger charge is 2.16. The second-order valence-electron chi connectivity index (χ2n) is 6.16. The number of hydrogen-bond acceptors (Lipinski definition) is 4. The number of thioether (sulfide) groups is 1. The number of anilines is 2. The highest BCUT2D eigenvalue weighted by molar-refractivity contribution is 8.14. The van der Waals surface area contributed by atoms with Crippen LogP contribution in [0.15, 0.2) is 60.7 Å². The van der Waals surface area contributed by atoms with Gasteiger partial charge in [-0.05, 0) is 29.7 Å². The van der Waals surface area contributed by atoms with Crippen LogP contribution in [0.5, 0.6) is 0 Å². The van der Waals surface area contributed by atoms with E-state index in [0.29, 0.717) is 0 Å². The summed E-state index contributed by atoms with van der Waals surface area (Å²) < 4.78 is 0. The highest BCUT2D eigenvalue weighted by Crippen LogP contribution is 2.28. The molecular weight excluding hydrogens is 412 g/mol. The Kier molecular flexibility index (Phi) is 6.41. The third kappa shape index (κ3) is 4.88. The first-order valence-electron chi connectivity index (χ1n) is 8.58. The third-order valence-electron chi connectivity index (χ3n) is 4.22. The minimum absolute atomic E-state index is 0.0225. The Bertz CT molecular complexity index is 1100. The molecule has 0 saturated carbocycles. The molecule has 0 radical (unpaired) electrons. The van der Waals surface area contributed by atoms with E-state index in [2.05, 4.69) is 5.32 Å². The van der Waals surface area contributed by atoms with Gasteiger partial charge in [-0.25, -0.2) is 4.79 Å². The molecule has 0 spiro atoms. The van der Waals surface area contributed by atoms with Crippen LogP contribution >= 0.6 is 23.4 Å². The van der Waals surface area contributed by atoms with Crippen molar-refractivity contribution in [2.24, 2.45) is 0 Å². The van der Waals surface area contributed by atoms with Crippen LogP contribution in [0, 0.1) is 0 Å². The van der Waals surface area contributed by atoms with Gasteiger partial charge in [0, 0.05) is 12.4 Å². The van der Waals surface area contributed by atoms with Crippen LogP contribution in [0.3, 0.4) is 0 Å². The molecule has 3 rings (SSSR count). The summed E-state index contributed by atoms with van der Waals surface area (Å²) in [7, 11) is 1.66. The van der Waals surface area contributed by atoms with E-state index in [0.717, 1.165) is 28.2 Å². The predicted molar refractivity (Wildman–Crippen MR) is 117 cm³/mol. The van der Waals surface area contributed by atoms with Crippen LogP contribution in [0.4, 0.5) is 16.2 Å². The van der Waals surface area contributed by atoms with Gasteiger partial charge in [0.15, 0.2) is 0 Å². The molecule has 0 bridgehead atoms. The van der Waals surface area contributed by atoms with Gasteiger partial charge in [0.25, 0.3) is 5.24 Å². The van der Waals surface area contributed by atoms with Crippen LogP contribution in [0.2, 0.25) is 5.02 Å². The third-order valence-corrected chi connectivity index (χ3v) is 5.46. The number of rotatable bonds is 5. The number of carbonyl (C=O) groups is 3. The second kappa shape index (κ2) is 8.98. The Hall–Kier alpha value is -3.03. The molecule has 148 valence electrons. The van der Waals surface area contributed by atoms with Crippen LogP contribution < -0.4 is 10.2 Å². The van der Waals surface area contributed by atoms with Gasteiger partial charge in [0.2, 0.25) is 5.91 Å². The van der Waals surface area contributed by atoms with Gasteiger partial charge in [-0.3, -0.25) is 9.59 Å². The fourth-order valence-corrected chi connectivity index (χ4v) is 3.61. The molecule has 2 amide bonds. The zero-order valence-electron chi connectivity index (χ0n) is 15.4. The number of halogens is 1. The van der Waals surface area contributed by atoms with Gasteiger partial charge in [-0.2, -0.15) is 0 Å².